The Labute approximate surface area is 167 Å². The zero-order chi connectivity index (χ0) is 20.8. The van der Waals surface area contributed by atoms with E-state index in [1.54, 1.807) is 19.1 Å². The predicted octanol–water partition coefficient (Wildman–Crippen LogP) is 2.59. The summed E-state index contributed by atoms with van der Waals surface area (Å²) in [6.07, 6.45) is 0.458. The molecule has 2 rings (SSSR count). The number of hydrogen-bond donors (Lipinski definition) is 2. The number of sulfone groups is 1. The van der Waals surface area contributed by atoms with Gasteiger partial charge in [-0.3, -0.25) is 0 Å². The Bertz CT molecular complexity index is 866. The zero-order valence-electron chi connectivity index (χ0n) is 16.8. The third kappa shape index (κ3) is 7.14. The molecule has 1 unspecified atom stereocenters. The number of aryl methyl sites for hydroxylation is 1. The molecule has 0 aromatic heterocycles. The summed E-state index contributed by atoms with van der Waals surface area (Å²) < 4.78 is 34.7. The molecule has 0 aliphatic carbocycles. The molecule has 0 saturated carbocycles. The summed E-state index contributed by atoms with van der Waals surface area (Å²) in [5.41, 5.74) is 0.289. The number of rotatable bonds is 10. The van der Waals surface area contributed by atoms with Crippen molar-refractivity contribution in [2.24, 2.45) is 0 Å². The number of benzene rings is 2. The van der Waals surface area contributed by atoms with Gasteiger partial charge in [-0.05, 0) is 56.7 Å². The molecule has 0 aliphatic heterocycles. The molecule has 0 aliphatic rings. The average molecular weight is 408 g/mol. The molecule has 2 aromatic rings. The van der Waals surface area contributed by atoms with Gasteiger partial charge in [-0.25, -0.2) is 8.42 Å². The van der Waals surface area contributed by atoms with Crippen LogP contribution in [0.5, 0.6) is 11.5 Å². The quantitative estimate of drug-likeness (QED) is 0.630. The van der Waals surface area contributed by atoms with Crippen LogP contribution in [0.15, 0.2) is 53.4 Å². The summed E-state index contributed by atoms with van der Waals surface area (Å²) in [7, 11) is -3.26. The Morgan fingerprint density at radius 3 is 2.36 bits per heavy atom. The van der Waals surface area contributed by atoms with Gasteiger partial charge in [-0.2, -0.15) is 0 Å². The molecule has 0 fully saturated rings. The molecule has 2 aromatic carbocycles. The van der Waals surface area contributed by atoms with Crippen molar-refractivity contribution in [3.8, 4) is 11.5 Å². The first-order chi connectivity index (χ1) is 13.1. The number of hydrogen-bond acceptors (Lipinski definition) is 6. The highest BCUT2D eigenvalue weighted by molar-refractivity contribution is 7.90. The Hall–Kier alpha value is -2.09. The van der Waals surface area contributed by atoms with Gasteiger partial charge in [-0.1, -0.05) is 18.2 Å². The SMILES string of the molecule is Cc1cc(OCC(O)CNC(C)(C)COc2ccccc2)ccc1S(C)(=O)=O. The average Bonchev–Trinajstić information content (AvgIpc) is 2.63. The van der Waals surface area contributed by atoms with Crippen LogP contribution in [0.4, 0.5) is 0 Å². The standard InChI is InChI=1S/C21H29NO5S/c1-16-12-19(10-11-20(16)28(4,24)25)26-14-17(23)13-22-21(2,3)15-27-18-8-6-5-7-9-18/h5-12,17,22-23H,13-15H2,1-4H3. The van der Waals surface area contributed by atoms with Gasteiger partial charge in [0, 0.05) is 18.3 Å². The van der Waals surface area contributed by atoms with Gasteiger partial charge in [0.2, 0.25) is 0 Å². The van der Waals surface area contributed by atoms with Gasteiger partial charge >= 0.3 is 0 Å². The highest BCUT2D eigenvalue weighted by atomic mass is 32.2. The summed E-state index contributed by atoms with van der Waals surface area (Å²) in [6, 6.07) is 14.3. The second-order valence-corrected chi connectivity index (χ2v) is 9.51. The van der Waals surface area contributed by atoms with Crippen LogP contribution in [0, 0.1) is 6.92 Å². The van der Waals surface area contributed by atoms with E-state index in [1.807, 2.05) is 44.2 Å². The van der Waals surface area contributed by atoms with Crippen LogP contribution in [0.3, 0.4) is 0 Å². The van der Waals surface area contributed by atoms with Crippen LogP contribution in [-0.4, -0.2) is 51.2 Å². The predicted molar refractivity (Wildman–Crippen MR) is 110 cm³/mol. The van der Waals surface area contributed by atoms with Gasteiger partial charge < -0.3 is 19.9 Å². The molecule has 7 heteroatoms. The van der Waals surface area contributed by atoms with Crippen molar-refractivity contribution in [1.82, 2.24) is 5.32 Å². The van der Waals surface area contributed by atoms with E-state index in [1.165, 1.54) is 12.3 Å². The third-order valence-electron chi connectivity index (χ3n) is 4.15. The minimum atomic E-state index is -3.26. The van der Waals surface area contributed by atoms with Crippen molar-refractivity contribution < 1.29 is 23.0 Å². The van der Waals surface area contributed by atoms with E-state index in [0.29, 0.717) is 24.5 Å². The van der Waals surface area contributed by atoms with Crippen LogP contribution >= 0.6 is 0 Å². The first kappa shape index (κ1) is 22.2. The van der Waals surface area contributed by atoms with Gasteiger partial charge in [0.15, 0.2) is 9.84 Å². The summed E-state index contributed by atoms with van der Waals surface area (Å²) in [5.74, 6) is 1.32. The monoisotopic (exact) mass is 407 g/mol. The molecule has 0 heterocycles. The first-order valence-electron chi connectivity index (χ1n) is 9.11. The number of aliphatic hydroxyl groups is 1. The highest BCUT2D eigenvalue weighted by Gasteiger charge is 2.20. The van der Waals surface area contributed by atoms with E-state index in [2.05, 4.69) is 5.32 Å². The van der Waals surface area contributed by atoms with Crippen molar-refractivity contribution in [2.45, 2.75) is 37.3 Å². The lowest BCUT2D eigenvalue weighted by Crippen LogP contribution is -2.48. The number of β-amino-alcohol motifs (C(OH)–C–C–N with tert-alkyl or cyclic N) is 1. The summed E-state index contributed by atoms with van der Waals surface area (Å²) in [6.45, 7) is 6.60. The topological polar surface area (TPSA) is 84.9 Å². The minimum absolute atomic E-state index is 0.0975. The lowest BCUT2D eigenvalue weighted by atomic mass is 10.1. The lowest BCUT2D eigenvalue weighted by molar-refractivity contribution is 0.0927. The molecular formula is C21H29NO5S. The maximum Gasteiger partial charge on any atom is 0.175 e. The van der Waals surface area contributed by atoms with Crippen molar-refractivity contribution in [3.63, 3.8) is 0 Å². The fourth-order valence-electron chi connectivity index (χ4n) is 2.60. The van der Waals surface area contributed by atoms with E-state index in [4.69, 9.17) is 9.47 Å². The van der Waals surface area contributed by atoms with Crippen LogP contribution in [0.25, 0.3) is 0 Å². The lowest BCUT2D eigenvalue weighted by Gasteiger charge is -2.27. The van der Waals surface area contributed by atoms with Crippen LogP contribution < -0.4 is 14.8 Å². The Kier molecular flexibility index (Phi) is 7.46. The molecule has 1 atom stereocenters. The Balaban J connectivity index is 1.79. The molecular weight excluding hydrogens is 378 g/mol. The zero-order valence-corrected chi connectivity index (χ0v) is 17.6. The van der Waals surface area contributed by atoms with Gasteiger partial charge in [0.05, 0.1) is 4.90 Å². The van der Waals surface area contributed by atoms with Crippen molar-refractivity contribution >= 4 is 9.84 Å². The first-order valence-corrected chi connectivity index (χ1v) is 11.0. The summed E-state index contributed by atoms with van der Waals surface area (Å²) in [4.78, 5) is 0.280. The number of nitrogens with one attached hydrogen (secondary N) is 1. The molecule has 154 valence electrons. The molecule has 28 heavy (non-hydrogen) atoms. The van der Waals surface area contributed by atoms with E-state index in [-0.39, 0.29) is 17.0 Å². The van der Waals surface area contributed by atoms with Crippen LogP contribution in [0.2, 0.25) is 0 Å². The maximum atomic E-state index is 11.7. The van der Waals surface area contributed by atoms with E-state index >= 15 is 0 Å². The molecule has 0 spiro atoms. The molecule has 0 radical (unpaired) electrons. The molecule has 0 bridgehead atoms. The second kappa shape index (κ2) is 9.41. The third-order valence-corrected chi connectivity index (χ3v) is 5.40. The molecule has 0 amide bonds. The number of ether oxygens (including phenoxy) is 2. The molecule has 2 N–H and O–H groups in total. The summed E-state index contributed by atoms with van der Waals surface area (Å²) >= 11 is 0. The van der Waals surface area contributed by atoms with E-state index in [0.717, 1.165) is 5.75 Å². The van der Waals surface area contributed by atoms with Crippen molar-refractivity contribution in [1.29, 1.82) is 0 Å². The second-order valence-electron chi connectivity index (χ2n) is 7.53. The largest absolute Gasteiger partial charge is 0.492 e. The molecule has 0 saturated heterocycles. The Morgan fingerprint density at radius 2 is 1.75 bits per heavy atom. The van der Waals surface area contributed by atoms with Gasteiger partial charge in [-0.15, -0.1) is 0 Å². The molecule has 6 nitrogen and oxygen atoms in total. The maximum absolute atomic E-state index is 11.7. The Morgan fingerprint density at radius 1 is 1.07 bits per heavy atom. The fourth-order valence-corrected chi connectivity index (χ4v) is 3.56. The number of aliphatic hydroxyl groups excluding tert-OH is 1. The summed E-state index contributed by atoms with van der Waals surface area (Å²) in [5, 5.41) is 13.5. The van der Waals surface area contributed by atoms with Gasteiger partial charge in [0.25, 0.3) is 0 Å². The number of para-hydroxylation sites is 1. The normalized spacial score (nSPS) is 13.2. The van der Waals surface area contributed by atoms with E-state index < -0.39 is 15.9 Å². The van der Waals surface area contributed by atoms with Crippen molar-refractivity contribution in [3.05, 3.63) is 54.1 Å². The fraction of sp³-hybridized carbons (Fsp3) is 0.429. The minimum Gasteiger partial charge on any atom is -0.492 e. The van der Waals surface area contributed by atoms with Crippen LogP contribution in [-0.2, 0) is 9.84 Å². The van der Waals surface area contributed by atoms with Crippen molar-refractivity contribution in [2.75, 3.05) is 26.0 Å². The van der Waals surface area contributed by atoms with E-state index in [9.17, 15) is 13.5 Å². The van der Waals surface area contributed by atoms with Gasteiger partial charge in [0.1, 0.15) is 30.8 Å². The highest BCUT2D eigenvalue weighted by Crippen LogP contribution is 2.21. The smallest absolute Gasteiger partial charge is 0.175 e. The van der Waals surface area contributed by atoms with Crippen LogP contribution in [0.1, 0.15) is 19.4 Å².